The minimum atomic E-state index is -4.42. The van der Waals surface area contributed by atoms with E-state index in [0.717, 1.165) is 37.8 Å². The summed E-state index contributed by atoms with van der Waals surface area (Å²) in [7, 11) is 3.77. The molecule has 1 unspecified atom stereocenters. The van der Waals surface area contributed by atoms with Gasteiger partial charge >= 0.3 is 6.18 Å². The first-order chi connectivity index (χ1) is 14.1. The minimum absolute atomic E-state index is 0.0203. The van der Waals surface area contributed by atoms with Crippen LogP contribution in [0.5, 0.6) is 0 Å². The van der Waals surface area contributed by atoms with Gasteiger partial charge in [0.2, 0.25) is 11.8 Å². The number of likely N-dealkylation sites (tertiary alicyclic amines) is 1. The Labute approximate surface area is 175 Å². The molecule has 2 fully saturated rings. The van der Waals surface area contributed by atoms with Crippen molar-refractivity contribution < 1.29 is 22.8 Å². The summed E-state index contributed by atoms with van der Waals surface area (Å²) < 4.78 is 39.2. The summed E-state index contributed by atoms with van der Waals surface area (Å²) in [6.07, 6.45) is -0.0396. The molecule has 1 atom stereocenters. The van der Waals surface area contributed by atoms with E-state index in [1.54, 1.807) is 11.0 Å². The molecule has 5 nitrogen and oxygen atoms in total. The molecule has 0 N–H and O–H groups in total. The highest BCUT2D eigenvalue weighted by molar-refractivity contribution is 5.89. The van der Waals surface area contributed by atoms with E-state index < -0.39 is 17.7 Å². The van der Waals surface area contributed by atoms with Crippen molar-refractivity contribution in [1.82, 2.24) is 14.7 Å². The summed E-state index contributed by atoms with van der Waals surface area (Å²) in [5, 5.41) is 0. The molecule has 1 saturated carbocycles. The number of carbonyl (C=O) groups excluding carboxylic acids is 2. The average Bonchev–Trinajstić information content (AvgIpc) is 3.33. The maximum absolute atomic E-state index is 13.3. The SMILES string of the molecule is CN(C)CCN(Cc1cccc(C(F)(F)F)c1)C(=O)C1CC(=O)N(C2CCCC2)C1. The second-order valence-electron chi connectivity index (χ2n) is 8.65. The van der Waals surface area contributed by atoms with Crippen molar-refractivity contribution in [2.75, 3.05) is 33.7 Å². The molecule has 0 radical (unpaired) electrons. The van der Waals surface area contributed by atoms with Gasteiger partial charge in [0, 0.05) is 38.6 Å². The highest BCUT2D eigenvalue weighted by Crippen LogP contribution is 2.32. The number of likely N-dealkylation sites (N-methyl/N-ethyl adjacent to an activating group) is 1. The molecule has 166 valence electrons. The van der Waals surface area contributed by atoms with Crippen LogP contribution in [0.4, 0.5) is 13.2 Å². The van der Waals surface area contributed by atoms with Crippen LogP contribution in [-0.2, 0) is 22.3 Å². The minimum Gasteiger partial charge on any atom is -0.339 e. The molecule has 0 spiro atoms. The van der Waals surface area contributed by atoms with Gasteiger partial charge in [-0.2, -0.15) is 13.2 Å². The molecular weight excluding hydrogens is 395 g/mol. The zero-order valence-electron chi connectivity index (χ0n) is 17.6. The van der Waals surface area contributed by atoms with E-state index in [1.807, 2.05) is 23.9 Å². The van der Waals surface area contributed by atoms with Crippen LogP contribution < -0.4 is 0 Å². The molecule has 1 aromatic carbocycles. The van der Waals surface area contributed by atoms with Crippen molar-refractivity contribution in [3.63, 3.8) is 0 Å². The fourth-order valence-electron chi connectivity index (χ4n) is 4.38. The Kier molecular flexibility index (Phi) is 7.06. The summed E-state index contributed by atoms with van der Waals surface area (Å²) in [5.41, 5.74) is -0.280. The van der Waals surface area contributed by atoms with Crippen LogP contribution in [0, 0.1) is 5.92 Å². The smallest absolute Gasteiger partial charge is 0.339 e. The van der Waals surface area contributed by atoms with Crippen molar-refractivity contribution in [3.8, 4) is 0 Å². The van der Waals surface area contributed by atoms with E-state index in [9.17, 15) is 22.8 Å². The summed E-state index contributed by atoms with van der Waals surface area (Å²) in [4.78, 5) is 31.1. The fraction of sp³-hybridized carbons (Fsp3) is 0.636. The van der Waals surface area contributed by atoms with E-state index in [4.69, 9.17) is 0 Å². The quantitative estimate of drug-likeness (QED) is 0.673. The van der Waals surface area contributed by atoms with Crippen LogP contribution in [0.15, 0.2) is 24.3 Å². The normalized spacial score (nSPS) is 20.4. The number of nitrogens with zero attached hydrogens (tertiary/aromatic N) is 3. The first kappa shape index (κ1) is 22.6. The number of alkyl halides is 3. The van der Waals surface area contributed by atoms with Gasteiger partial charge in [-0.25, -0.2) is 0 Å². The zero-order chi connectivity index (χ0) is 21.9. The van der Waals surface area contributed by atoms with Gasteiger partial charge in [0.05, 0.1) is 11.5 Å². The van der Waals surface area contributed by atoms with Crippen molar-refractivity contribution in [2.24, 2.45) is 5.92 Å². The summed E-state index contributed by atoms with van der Waals surface area (Å²) in [5.74, 6) is -0.555. The Hall–Kier alpha value is -2.09. The number of benzene rings is 1. The lowest BCUT2D eigenvalue weighted by Crippen LogP contribution is -2.41. The predicted molar refractivity (Wildman–Crippen MR) is 107 cm³/mol. The molecule has 8 heteroatoms. The second kappa shape index (κ2) is 9.37. The van der Waals surface area contributed by atoms with Gasteiger partial charge < -0.3 is 14.7 Å². The van der Waals surface area contributed by atoms with Crippen LogP contribution in [0.1, 0.15) is 43.2 Å². The number of halogens is 3. The third-order valence-electron chi connectivity index (χ3n) is 6.03. The molecule has 2 amide bonds. The summed E-state index contributed by atoms with van der Waals surface area (Å²) in [6.45, 7) is 1.52. The fourth-order valence-corrected chi connectivity index (χ4v) is 4.38. The molecule has 1 saturated heterocycles. The van der Waals surface area contributed by atoms with Crippen molar-refractivity contribution in [2.45, 2.75) is 50.9 Å². The number of hydrogen-bond acceptors (Lipinski definition) is 3. The molecule has 1 aliphatic heterocycles. The lowest BCUT2D eigenvalue weighted by molar-refractivity contribution is -0.137. The highest BCUT2D eigenvalue weighted by atomic mass is 19.4. The highest BCUT2D eigenvalue weighted by Gasteiger charge is 2.40. The maximum atomic E-state index is 13.3. The van der Waals surface area contributed by atoms with Crippen molar-refractivity contribution in [3.05, 3.63) is 35.4 Å². The number of amides is 2. The van der Waals surface area contributed by atoms with Crippen LogP contribution >= 0.6 is 0 Å². The Bertz CT molecular complexity index is 760. The van der Waals surface area contributed by atoms with Gasteiger partial charge in [-0.05, 0) is 44.6 Å². The standard InChI is InChI=1S/C22H30F3N3O2/c1-26(2)10-11-27(14-16-6-5-7-18(12-16)22(23,24)25)21(30)17-13-20(29)28(15-17)19-8-3-4-9-19/h5-7,12,17,19H,3-4,8-11,13-15H2,1-2H3. The Morgan fingerprint density at radius 3 is 2.50 bits per heavy atom. The van der Waals surface area contributed by atoms with E-state index in [-0.39, 0.29) is 30.8 Å². The van der Waals surface area contributed by atoms with E-state index in [1.165, 1.54) is 6.07 Å². The molecule has 2 aliphatic rings. The molecule has 1 aliphatic carbocycles. The van der Waals surface area contributed by atoms with E-state index >= 15 is 0 Å². The van der Waals surface area contributed by atoms with Gasteiger partial charge in [0.25, 0.3) is 0 Å². The molecule has 30 heavy (non-hydrogen) atoms. The lowest BCUT2D eigenvalue weighted by Gasteiger charge is -2.28. The molecule has 1 aromatic rings. The van der Waals surface area contributed by atoms with Crippen LogP contribution in [0.2, 0.25) is 0 Å². The zero-order valence-corrected chi connectivity index (χ0v) is 17.6. The van der Waals surface area contributed by atoms with Crippen molar-refractivity contribution in [1.29, 1.82) is 0 Å². The lowest BCUT2D eigenvalue weighted by atomic mass is 10.1. The number of carbonyl (C=O) groups is 2. The summed E-state index contributed by atoms with van der Waals surface area (Å²) in [6, 6.07) is 5.34. The topological polar surface area (TPSA) is 43.9 Å². The second-order valence-corrected chi connectivity index (χ2v) is 8.65. The van der Waals surface area contributed by atoms with Gasteiger partial charge in [-0.1, -0.05) is 25.0 Å². The Morgan fingerprint density at radius 2 is 1.87 bits per heavy atom. The monoisotopic (exact) mass is 425 g/mol. The molecule has 3 rings (SSSR count). The summed E-state index contributed by atoms with van der Waals surface area (Å²) >= 11 is 0. The Morgan fingerprint density at radius 1 is 1.17 bits per heavy atom. The third kappa shape index (κ3) is 5.53. The molecule has 0 bridgehead atoms. The van der Waals surface area contributed by atoms with Crippen LogP contribution in [-0.4, -0.2) is 66.3 Å². The van der Waals surface area contributed by atoms with Gasteiger partial charge in [-0.15, -0.1) is 0 Å². The van der Waals surface area contributed by atoms with E-state index in [0.29, 0.717) is 25.2 Å². The van der Waals surface area contributed by atoms with Crippen LogP contribution in [0.25, 0.3) is 0 Å². The largest absolute Gasteiger partial charge is 0.416 e. The van der Waals surface area contributed by atoms with Gasteiger partial charge in [0.1, 0.15) is 0 Å². The molecule has 0 aromatic heterocycles. The first-order valence-electron chi connectivity index (χ1n) is 10.5. The van der Waals surface area contributed by atoms with E-state index in [2.05, 4.69) is 0 Å². The van der Waals surface area contributed by atoms with Gasteiger partial charge in [-0.3, -0.25) is 9.59 Å². The third-order valence-corrected chi connectivity index (χ3v) is 6.03. The average molecular weight is 425 g/mol. The molecular formula is C22H30F3N3O2. The number of rotatable bonds is 7. The van der Waals surface area contributed by atoms with Crippen molar-refractivity contribution >= 4 is 11.8 Å². The van der Waals surface area contributed by atoms with Gasteiger partial charge in [0.15, 0.2) is 0 Å². The molecule has 1 heterocycles. The number of hydrogen-bond donors (Lipinski definition) is 0. The van der Waals surface area contributed by atoms with Crippen LogP contribution in [0.3, 0.4) is 0 Å². The Balaban J connectivity index is 1.73. The maximum Gasteiger partial charge on any atom is 0.416 e. The first-order valence-corrected chi connectivity index (χ1v) is 10.5. The predicted octanol–water partition coefficient (Wildman–Crippen LogP) is 3.39.